The number of anilines is 1. The summed E-state index contributed by atoms with van der Waals surface area (Å²) in [4.78, 5) is 27.8. The minimum atomic E-state index is -4.61. The number of ether oxygens (including phenoxy) is 2. The Labute approximate surface area is 204 Å². The number of nitrogens with zero attached hydrogens (tertiary/aromatic N) is 1. The summed E-state index contributed by atoms with van der Waals surface area (Å²) in [6.07, 6.45) is -1.10. The van der Waals surface area contributed by atoms with Gasteiger partial charge in [-0.15, -0.1) is 0 Å². The number of aryl methyl sites for hydroxylation is 1. The Balaban J connectivity index is 2.00. The molecule has 35 heavy (non-hydrogen) atoms. The van der Waals surface area contributed by atoms with Gasteiger partial charge in [0.2, 0.25) is 5.91 Å². The van der Waals surface area contributed by atoms with Crippen LogP contribution in [0.15, 0.2) is 36.4 Å². The van der Waals surface area contributed by atoms with Crippen LogP contribution in [-0.2, 0) is 15.7 Å². The summed E-state index contributed by atoms with van der Waals surface area (Å²) in [6, 6.07) is 7.86. The molecule has 1 fully saturated rings. The van der Waals surface area contributed by atoms with Crippen LogP contribution in [0, 0.1) is 18.8 Å². The van der Waals surface area contributed by atoms with Crippen molar-refractivity contribution >= 4 is 17.6 Å². The maximum absolute atomic E-state index is 13.5. The second-order valence-corrected chi connectivity index (χ2v) is 9.53. The van der Waals surface area contributed by atoms with Crippen molar-refractivity contribution < 1.29 is 32.2 Å². The molecule has 3 rings (SSSR count). The van der Waals surface area contributed by atoms with Gasteiger partial charge in [0.05, 0.1) is 23.9 Å². The number of esters is 1. The molecule has 1 saturated carbocycles. The first kappa shape index (κ1) is 26.6. The van der Waals surface area contributed by atoms with Crippen LogP contribution in [-0.4, -0.2) is 25.0 Å². The molecule has 5 nitrogen and oxygen atoms in total. The van der Waals surface area contributed by atoms with E-state index in [0.29, 0.717) is 17.2 Å². The summed E-state index contributed by atoms with van der Waals surface area (Å²) in [5.41, 5.74) is -0.0650. The third-order valence-corrected chi connectivity index (χ3v) is 6.42. The van der Waals surface area contributed by atoms with E-state index in [1.165, 1.54) is 37.4 Å². The Hall–Kier alpha value is -3.03. The Bertz CT molecular complexity index is 1070. The Morgan fingerprint density at radius 2 is 1.69 bits per heavy atom. The van der Waals surface area contributed by atoms with Gasteiger partial charge in [-0.3, -0.25) is 4.79 Å². The SMILES string of the molecule is COC(=O)c1cc(Oc2ccc(C)cc2C(F)(F)F)ccc1N(C(=O)C1CCC(C)CC1)C(C)C. The summed E-state index contributed by atoms with van der Waals surface area (Å²) in [7, 11) is 1.21. The summed E-state index contributed by atoms with van der Waals surface area (Å²) >= 11 is 0. The zero-order valence-corrected chi connectivity index (χ0v) is 20.7. The predicted octanol–water partition coefficient (Wildman–Crippen LogP) is 7.16. The number of hydrogen-bond acceptors (Lipinski definition) is 4. The third-order valence-electron chi connectivity index (χ3n) is 6.42. The van der Waals surface area contributed by atoms with Crippen LogP contribution >= 0.6 is 0 Å². The van der Waals surface area contributed by atoms with Crippen molar-refractivity contribution in [2.75, 3.05) is 12.0 Å². The third kappa shape index (κ3) is 6.16. The number of amides is 1. The highest BCUT2D eigenvalue weighted by atomic mass is 19.4. The van der Waals surface area contributed by atoms with Crippen LogP contribution in [0.4, 0.5) is 18.9 Å². The molecule has 1 aliphatic rings. The van der Waals surface area contributed by atoms with E-state index >= 15 is 0 Å². The molecule has 0 spiro atoms. The summed E-state index contributed by atoms with van der Waals surface area (Å²) in [6.45, 7) is 7.45. The molecule has 0 radical (unpaired) electrons. The highest BCUT2D eigenvalue weighted by molar-refractivity contribution is 6.04. The van der Waals surface area contributed by atoms with Crippen LogP contribution in [0.25, 0.3) is 0 Å². The van der Waals surface area contributed by atoms with E-state index in [1.807, 2.05) is 13.8 Å². The van der Waals surface area contributed by atoms with Gasteiger partial charge in [0.15, 0.2) is 0 Å². The van der Waals surface area contributed by atoms with Crippen LogP contribution < -0.4 is 9.64 Å². The van der Waals surface area contributed by atoms with Gasteiger partial charge in [-0.2, -0.15) is 13.2 Å². The van der Waals surface area contributed by atoms with Gasteiger partial charge in [0.1, 0.15) is 11.5 Å². The van der Waals surface area contributed by atoms with Crippen molar-refractivity contribution in [2.45, 2.75) is 65.6 Å². The van der Waals surface area contributed by atoms with E-state index in [9.17, 15) is 22.8 Å². The second kappa shape index (κ2) is 10.7. The number of halogens is 3. The van der Waals surface area contributed by atoms with E-state index < -0.39 is 17.7 Å². The van der Waals surface area contributed by atoms with Crippen molar-refractivity contribution in [3.8, 4) is 11.5 Å². The average molecular weight is 492 g/mol. The first-order valence-electron chi connectivity index (χ1n) is 11.8. The molecule has 0 aliphatic heterocycles. The Morgan fingerprint density at radius 3 is 2.26 bits per heavy atom. The maximum Gasteiger partial charge on any atom is 0.419 e. The number of benzene rings is 2. The molecule has 2 aromatic carbocycles. The van der Waals surface area contributed by atoms with Gasteiger partial charge < -0.3 is 14.4 Å². The van der Waals surface area contributed by atoms with Crippen LogP contribution in [0.2, 0.25) is 0 Å². The molecule has 2 aromatic rings. The van der Waals surface area contributed by atoms with Gasteiger partial charge in [-0.25, -0.2) is 4.79 Å². The van der Waals surface area contributed by atoms with Gasteiger partial charge in [0.25, 0.3) is 0 Å². The molecule has 0 bridgehead atoms. The zero-order chi connectivity index (χ0) is 25.9. The molecule has 0 unspecified atom stereocenters. The van der Waals surface area contributed by atoms with E-state index in [2.05, 4.69) is 6.92 Å². The largest absolute Gasteiger partial charge is 0.465 e. The number of carbonyl (C=O) groups excluding carboxylic acids is 2. The molecule has 0 N–H and O–H groups in total. The fourth-order valence-corrected chi connectivity index (χ4v) is 4.50. The fraction of sp³-hybridized carbons (Fsp3) is 0.481. The molecule has 0 aromatic heterocycles. The van der Waals surface area contributed by atoms with Crippen molar-refractivity contribution in [1.29, 1.82) is 0 Å². The van der Waals surface area contributed by atoms with Crippen LogP contribution in [0.1, 0.15) is 67.9 Å². The average Bonchev–Trinajstić information content (AvgIpc) is 2.80. The summed E-state index contributed by atoms with van der Waals surface area (Å²) in [5, 5.41) is 0. The monoisotopic (exact) mass is 491 g/mol. The molecule has 0 saturated heterocycles. The fourth-order valence-electron chi connectivity index (χ4n) is 4.50. The minimum absolute atomic E-state index is 0.0335. The Kier molecular flexibility index (Phi) is 8.13. The quantitative estimate of drug-likeness (QED) is 0.402. The van der Waals surface area contributed by atoms with Crippen LogP contribution in [0.5, 0.6) is 11.5 Å². The number of carbonyl (C=O) groups is 2. The molecule has 0 heterocycles. The normalized spacial score (nSPS) is 18.3. The second-order valence-electron chi connectivity index (χ2n) is 9.53. The van der Waals surface area contributed by atoms with Gasteiger partial charge in [-0.05, 0) is 82.7 Å². The smallest absolute Gasteiger partial charge is 0.419 e. The van der Waals surface area contributed by atoms with Gasteiger partial charge in [-0.1, -0.05) is 18.6 Å². The lowest BCUT2D eigenvalue weighted by Crippen LogP contribution is -2.43. The van der Waals surface area contributed by atoms with Crippen molar-refractivity contribution in [3.05, 3.63) is 53.1 Å². The van der Waals surface area contributed by atoms with Crippen molar-refractivity contribution in [3.63, 3.8) is 0 Å². The molecule has 1 aliphatic carbocycles. The number of alkyl halides is 3. The standard InChI is InChI=1S/C27H32F3NO4/c1-16(2)31(25(32)19-9-6-17(3)7-10-19)23-12-11-20(15-21(23)26(33)34-5)35-24-13-8-18(4)14-22(24)27(28,29)30/h8,11-17,19H,6-7,9-10H2,1-5H3. The molecular formula is C27H32F3NO4. The molecular weight excluding hydrogens is 459 g/mol. The van der Waals surface area contributed by atoms with Gasteiger partial charge in [0, 0.05) is 12.0 Å². The van der Waals surface area contributed by atoms with Gasteiger partial charge >= 0.3 is 12.1 Å². The number of rotatable bonds is 6. The predicted molar refractivity (Wildman–Crippen MR) is 128 cm³/mol. The minimum Gasteiger partial charge on any atom is -0.465 e. The Morgan fingerprint density at radius 1 is 1.03 bits per heavy atom. The van der Waals surface area contributed by atoms with E-state index in [1.54, 1.807) is 11.8 Å². The lowest BCUT2D eigenvalue weighted by atomic mass is 9.82. The summed E-state index contributed by atoms with van der Waals surface area (Å²) in [5.74, 6) is -0.676. The first-order chi connectivity index (χ1) is 16.4. The highest BCUT2D eigenvalue weighted by Crippen LogP contribution is 2.40. The van der Waals surface area contributed by atoms with E-state index in [0.717, 1.165) is 31.7 Å². The number of hydrogen-bond donors (Lipinski definition) is 0. The molecule has 1 amide bonds. The maximum atomic E-state index is 13.5. The summed E-state index contributed by atoms with van der Waals surface area (Å²) < 4.78 is 51.1. The number of methoxy groups -OCH3 is 1. The van der Waals surface area contributed by atoms with E-state index in [4.69, 9.17) is 9.47 Å². The molecule has 190 valence electrons. The van der Waals surface area contributed by atoms with E-state index in [-0.39, 0.29) is 34.9 Å². The van der Waals surface area contributed by atoms with Crippen molar-refractivity contribution in [1.82, 2.24) is 0 Å². The van der Waals surface area contributed by atoms with Crippen LogP contribution in [0.3, 0.4) is 0 Å². The first-order valence-corrected chi connectivity index (χ1v) is 11.8. The lowest BCUT2D eigenvalue weighted by Gasteiger charge is -2.34. The topological polar surface area (TPSA) is 55.8 Å². The van der Waals surface area contributed by atoms with Crippen molar-refractivity contribution in [2.24, 2.45) is 11.8 Å². The zero-order valence-electron chi connectivity index (χ0n) is 20.7. The lowest BCUT2D eigenvalue weighted by molar-refractivity contribution is -0.138. The molecule has 0 atom stereocenters. The molecule has 8 heteroatoms. The highest BCUT2D eigenvalue weighted by Gasteiger charge is 2.35.